The lowest BCUT2D eigenvalue weighted by Crippen LogP contribution is -2.44. The molecule has 1 amide bonds. The minimum atomic E-state index is -4.44. The summed E-state index contributed by atoms with van der Waals surface area (Å²) in [7, 11) is 0. The van der Waals surface area contributed by atoms with Gasteiger partial charge in [0.25, 0.3) is 5.91 Å². The van der Waals surface area contributed by atoms with E-state index < -0.39 is 11.7 Å². The number of amides is 1. The average molecular weight is 512 g/mol. The summed E-state index contributed by atoms with van der Waals surface area (Å²) in [6.45, 7) is 4.01. The first kappa shape index (κ1) is 25.2. The van der Waals surface area contributed by atoms with Crippen LogP contribution < -0.4 is 16.0 Å². The number of nitrogens with zero attached hydrogens (tertiary/aromatic N) is 3. The molecule has 1 atom stereocenters. The van der Waals surface area contributed by atoms with Crippen molar-refractivity contribution in [1.82, 2.24) is 15.3 Å². The Morgan fingerprint density at radius 2 is 1.95 bits per heavy atom. The van der Waals surface area contributed by atoms with E-state index in [2.05, 4.69) is 20.2 Å². The molecule has 1 aromatic heterocycles. The van der Waals surface area contributed by atoms with Gasteiger partial charge in [-0.1, -0.05) is 30.3 Å². The van der Waals surface area contributed by atoms with Crippen LogP contribution in [-0.4, -0.2) is 41.2 Å². The first-order valence-electron chi connectivity index (χ1n) is 12.2. The number of ether oxygens (including phenoxy) is 1. The number of hydrogen-bond donors (Lipinski definition) is 2. The number of rotatable bonds is 6. The van der Waals surface area contributed by atoms with Crippen LogP contribution in [0.15, 0.2) is 54.9 Å². The molecule has 194 valence electrons. The second-order valence-electron chi connectivity index (χ2n) is 9.61. The first-order chi connectivity index (χ1) is 17.7. The summed E-state index contributed by atoms with van der Waals surface area (Å²) in [6, 6.07) is 10.2. The highest BCUT2D eigenvalue weighted by atomic mass is 19.4. The van der Waals surface area contributed by atoms with Gasteiger partial charge in [-0.25, -0.2) is 4.98 Å². The van der Waals surface area contributed by atoms with E-state index in [9.17, 15) is 18.0 Å². The van der Waals surface area contributed by atoms with Crippen LogP contribution in [-0.2, 0) is 17.5 Å². The number of halogens is 3. The van der Waals surface area contributed by atoms with Crippen LogP contribution in [0, 0.1) is 0 Å². The molecule has 1 aliphatic carbocycles. The van der Waals surface area contributed by atoms with Crippen molar-refractivity contribution in [3.05, 3.63) is 77.2 Å². The number of nitrogens with one attached hydrogen (secondary N) is 1. The molecular formula is C27H28F3N5O2. The Labute approximate surface area is 212 Å². The third-order valence-electron chi connectivity index (χ3n) is 6.96. The smallest absolute Gasteiger partial charge is 0.371 e. The lowest BCUT2D eigenvalue weighted by molar-refractivity contribution is -0.137. The van der Waals surface area contributed by atoms with Crippen molar-refractivity contribution in [3.8, 4) is 11.1 Å². The highest BCUT2D eigenvalue weighted by Gasteiger charge is 2.47. The lowest BCUT2D eigenvalue weighted by atomic mass is 9.95. The summed E-state index contributed by atoms with van der Waals surface area (Å²) in [6.07, 6.45) is 0.721. The number of nitrogens with two attached hydrogens (primary N) is 1. The van der Waals surface area contributed by atoms with Gasteiger partial charge in [0.1, 0.15) is 11.5 Å². The molecule has 7 nitrogen and oxygen atoms in total. The predicted molar refractivity (Wildman–Crippen MR) is 133 cm³/mol. The molecule has 2 aromatic carbocycles. The van der Waals surface area contributed by atoms with Gasteiger partial charge < -0.3 is 20.7 Å². The Morgan fingerprint density at radius 3 is 2.62 bits per heavy atom. The molecule has 3 N–H and O–H groups in total. The summed E-state index contributed by atoms with van der Waals surface area (Å²) in [4.78, 5) is 23.8. The monoisotopic (exact) mass is 511 g/mol. The van der Waals surface area contributed by atoms with E-state index in [1.54, 1.807) is 30.5 Å². The van der Waals surface area contributed by atoms with Gasteiger partial charge in [0, 0.05) is 19.6 Å². The Balaban J connectivity index is 1.28. The molecule has 2 heterocycles. The van der Waals surface area contributed by atoms with E-state index >= 15 is 0 Å². The van der Waals surface area contributed by atoms with Crippen molar-refractivity contribution < 1.29 is 22.7 Å². The summed E-state index contributed by atoms with van der Waals surface area (Å²) in [5.41, 5.74) is 7.65. The molecule has 1 saturated carbocycles. The fourth-order valence-corrected chi connectivity index (χ4v) is 4.60. The number of hydrogen-bond acceptors (Lipinski definition) is 6. The Hall–Kier alpha value is -3.50. The second-order valence-corrected chi connectivity index (χ2v) is 9.61. The minimum absolute atomic E-state index is 0.0716. The van der Waals surface area contributed by atoms with Gasteiger partial charge in [-0.15, -0.1) is 0 Å². The molecule has 10 heteroatoms. The van der Waals surface area contributed by atoms with Gasteiger partial charge in [-0.3, -0.25) is 9.78 Å². The molecule has 2 aliphatic rings. The van der Waals surface area contributed by atoms with Crippen molar-refractivity contribution in [3.63, 3.8) is 0 Å². The first-order valence-corrected chi connectivity index (χ1v) is 12.2. The zero-order valence-corrected chi connectivity index (χ0v) is 20.4. The second kappa shape index (κ2) is 9.75. The molecule has 3 aromatic rings. The summed E-state index contributed by atoms with van der Waals surface area (Å²) in [5.74, 6) is 0.291. The van der Waals surface area contributed by atoms with Gasteiger partial charge in [0.05, 0.1) is 36.2 Å². The van der Waals surface area contributed by atoms with E-state index in [1.165, 1.54) is 12.3 Å². The highest BCUT2D eigenvalue weighted by molar-refractivity contribution is 5.92. The largest absolute Gasteiger partial charge is 0.416 e. The molecule has 1 aliphatic heterocycles. The molecule has 1 spiro atoms. The van der Waals surface area contributed by atoms with Crippen LogP contribution in [0.5, 0.6) is 0 Å². The quantitative estimate of drug-likeness (QED) is 0.507. The molecule has 0 radical (unpaired) electrons. The molecule has 5 rings (SSSR count). The van der Waals surface area contributed by atoms with E-state index in [1.807, 2.05) is 6.92 Å². The van der Waals surface area contributed by atoms with Gasteiger partial charge in [0.2, 0.25) is 0 Å². The van der Waals surface area contributed by atoms with E-state index in [-0.39, 0.29) is 29.8 Å². The van der Waals surface area contributed by atoms with Crippen LogP contribution in [0.25, 0.3) is 11.1 Å². The zero-order valence-electron chi connectivity index (χ0n) is 20.4. The fourth-order valence-electron chi connectivity index (χ4n) is 4.60. The number of benzene rings is 2. The zero-order chi connectivity index (χ0) is 26.2. The van der Waals surface area contributed by atoms with Gasteiger partial charge in [-0.05, 0) is 54.2 Å². The average Bonchev–Trinajstić information content (AvgIpc) is 3.65. The van der Waals surface area contributed by atoms with Crippen molar-refractivity contribution in [2.45, 2.75) is 44.1 Å². The molecular weight excluding hydrogens is 483 g/mol. The number of morpholine rings is 1. The van der Waals surface area contributed by atoms with Crippen LogP contribution in [0.2, 0.25) is 0 Å². The highest BCUT2D eigenvalue weighted by Crippen LogP contribution is 2.42. The fraction of sp³-hybridized carbons (Fsp3) is 0.370. The van der Waals surface area contributed by atoms with E-state index in [0.717, 1.165) is 37.1 Å². The van der Waals surface area contributed by atoms with E-state index in [0.29, 0.717) is 35.7 Å². The maximum atomic E-state index is 13.2. The topological polar surface area (TPSA) is 93.4 Å². The lowest BCUT2D eigenvalue weighted by Gasteiger charge is -2.33. The Bertz CT molecular complexity index is 1290. The Morgan fingerprint density at radius 1 is 1.19 bits per heavy atom. The van der Waals surface area contributed by atoms with Gasteiger partial charge >= 0.3 is 6.18 Å². The third-order valence-corrected chi connectivity index (χ3v) is 6.96. The number of alkyl halides is 3. The van der Waals surface area contributed by atoms with Gasteiger partial charge in [-0.2, -0.15) is 13.2 Å². The van der Waals surface area contributed by atoms with Crippen LogP contribution >= 0.6 is 0 Å². The van der Waals surface area contributed by atoms with Gasteiger partial charge in [0.15, 0.2) is 0 Å². The summed E-state index contributed by atoms with van der Waals surface area (Å²) >= 11 is 0. The minimum Gasteiger partial charge on any atom is -0.371 e. The van der Waals surface area contributed by atoms with Crippen molar-refractivity contribution >= 4 is 11.7 Å². The number of aromatic nitrogens is 2. The SMILES string of the molecule is C[C@@H](NC(=O)c1cncc(N2CCOC3(CC3)C2)n1)c1ccc(-c2cc(C(F)(F)F)ccc2CN)cc1. The number of anilines is 1. The third kappa shape index (κ3) is 5.45. The normalized spacial score (nSPS) is 17.5. The molecule has 1 saturated heterocycles. The number of carbonyl (C=O) groups excluding carboxylic acids is 1. The van der Waals surface area contributed by atoms with Crippen molar-refractivity contribution in [2.75, 3.05) is 24.6 Å². The molecule has 2 fully saturated rings. The summed E-state index contributed by atoms with van der Waals surface area (Å²) < 4.78 is 45.5. The maximum absolute atomic E-state index is 13.2. The predicted octanol–water partition coefficient (Wildman–Crippen LogP) is 4.48. The Kier molecular flexibility index (Phi) is 6.63. The standard InChI is InChI=1S/C27H28F3N5O2/c1-17(18-2-4-19(5-3-18)22-12-21(27(28,29)30)7-6-20(22)13-31)33-25(36)23-14-32-15-24(34-23)35-10-11-37-26(16-35)8-9-26/h2-7,12,14-15,17H,8-11,13,16,31H2,1H3,(H,33,36)/t17-/m1/s1. The molecule has 0 bridgehead atoms. The summed E-state index contributed by atoms with van der Waals surface area (Å²) in [5, 5.41) is 2.93. The van der Waals surface area contributed by atoms with E-state index in [4.69, 9.17) is 10.5 Å². The molecule has 37 heavy (non-hydrogen) atoms. The van der Waals surface area contributed by atoms with Crippen LogP contribution in [0.1, 0.15) is 53.0 Å². The van der Waals surface area contributed by atoms with Crippen molar-refractivity contribution in [1.29, 1.82) is 0 Å². The van der Waals surface area contributed by atoms with Crippen molar-refractivity contribution in [2.24, 2.45) is 5.73 Å². The maximum Gasteiger partial charge on any atom is 0.416 e. The number of carbonyl (C=O) groups is 1. The van der Waals surface area contributed by atoms with Crippen LogP contribution in [0.3, 0.4) is 0 Å². The molecule has 0 unspecified atom stereocenters. The van der Waals surface area contributed by atoms with Crippen LogP contribution in [0.4, 0.5) is 19.0 Å².